The molecule has 0 radical (unpaired) electrons. The van der Waals surface area contributed by atoms with Crippen LogP contribution in [0.2, 0.25) is 0 Å². The number of nitro groups is 1. The number of benzene rings is 1. The van der Waals surface area contributed by atoms with Gasteiger partial charge < -0.3 is 24.1 Å². The minimum atomic E-state index is -2.38. The van der Waals surface area contributed by atoms with E-state index < -0.39 is 50.9 Å². The molecule has 1 aromatic carbocycles. The molecule has 1 aromatic heterocycles. The molecule has 2 unspecified atom stereocenters. The summed E-state index contributed by atoms with van der Waals surface area (Å²) in [5, 5.41) is 11.3. The van der Waals surface area contributed by atoms with Crippen LogP contribution in [-0.2, 0) is 20.8 Å². The van der Waals surface area contributed by atoms with Gasteiger partial charge >= 0.3 is 17.8 Å². The second kappa shape index (κ2) is 13.0. The zero-order chi connectivity index (χ0) is 29.7. The van der Waals surface area contributed by atoms with E-state index >= 15 is 0 Å². The summed E-state index contributed by atoms with van der Waals surface area (Å²) in [6.45, 7) is 3.88. The fourth-order valence-electron chi connectivity index (χ4n) is 5.22. The first-order valence-electron chi connectivity index (χ1n) is 13.3. The predicted octanol–water partition coefficient (Wildman–Crippen LogP) is 4.01. The van der Waals surface area contributed by atoms with E-state index in [1.54, 1.807) is 45.3 Å². The van der Waals surface area contributed by atoms with Crippen molar-refractivity contribution in [1.82, 2.24) is 13.4 Å². The van der Waals surface area contributed by atoms with E-state index in [2.05, 4.69) is 11.9 Å². The number of carbonyl (C=O) groups excluding carboxylic acids is 2. The van der Waals surface area contributed by atoms with Gasteiger partial charge in [-0.1, -0.05) is 32.6 Å². The van der Waals surface area contributed by atoms with E-state index in [1.165, 1.54) is 24.2 Å². The van der Waals surface area contributed by atoms with E-state index in [0.29, 0.717) is 30.7 Å². The number of nitrogens with zero attached hydrogens (tertiary/aromatic N) is 5. The van der Waals surface area contributed by atoms with Crippen LogP contribution in [-0.4, -0.2) is 79.6 Å². The van der Waals surface area contributed by atoms with Crippen molar-refractivity contribution in [2.45, 2.75) is 70.6 Å². The number of rotatable bonds is 12. The molecular formula is C26H38N5O8S+. The summed E-state index contributed by atoms with van der Waals surface area (Å²) in [6, 6.07) is 5.26. The molecule has 1 aliphatic heterocycles. The number of aromatic nitrogens is 2. The molecule has 1 fully saturated rings. The number of unbranched alkanes of at least 4 members (excludes halogenated alkanes) is 3. The van der Waals surface area contributed by atoms with Crippen LogP contribution in [0.4, 0.5) is 16.3 Å². The molecule has 2 amide bonds. The van der Waals surface area contributed by atoms with Crippen molar-refractivity contribution >= 4 is 34.8 Å². The van der Waals surface area contributed by atoms with E-state index in [9.17, 15) is 28.5 Å². The van der Waals surface area contributed by atoms with E-state index in [1.807, 2.05) is 0 Å². The Balaban J connectivity index is 1.89. The Labute approximate surface area is 236 Å². The number of imide groups is 1. The van der Waals surface area contributed by atoms with Gasteiger partial charge in [0, 0.05) is 18.6 Å². The third-order valence-electron chi connectivity index (χ3n) is 7.63. The molecular weight excluding hydrogens is 542 g/mol. The molecule has 220 valence electrons. The molecule has 40 heavy (non-hydrogen) atoms. The second-order valence-electron chi connectivity index (χ2n) is 10.5. The number of imidazole rings is 1. The summed E-state index contributed by atoms with van der Waals surface area (Å²) < 4.78 is 34.9. The number of amides is 2. The van der Waals surface area contributed by atoms with Gasteiger partial charge in [-0.2, -0.15) is 9.28 Å². The van der Waals surface area contributed by atoms with Gasteiger partial charge in [0.1, 0.15) is 30.2 Å². The second-order valence-corrected chi connectivity index (χ2v) is 11.9. The first kappa shape index (κ1) is 31.3. The molecule has 2 heterocycles. The molecule has 3 rings (SSSR count). The van der Waals surface area contributed by atoms with Crippen molar-refractivity contribution in [1.29, 1.82) is 0 Å². The van der Waals surface area contributed by atoms with Gasteiger partial charge in [-0.05, 0) is 35.4 Å². The van der Waals surface area contributed by atoms with Gasteiger partial charge in [0.25, 0.3) is 0 Å². The Kier molecular flexibility index (Phi) is 10.2. The van der Waals surface area contributed by atoms with Crippen molar-refractivity contribution in [2.24, 2.45) is 0 Å². The number of likely N-dealkylation sites (tertiary alicyclic amines) is 1. The van der Waals surface area contributed by atoms with Crippen LogP contribution in [0.3, 0.4) is 0 Å². The highest BCUT2D eigenvalue weighted by molar-refractivity contribution is 7.78. The van der Waals surface area contributed by atoms with Crippen molar-refractivity contribution in [2.75, 3.05) is 27.7 Å². The summed E-state index contributed by atoms with van der Waals surface area (Å²) in [6.07, 6.45) is 5.57. The quantitative estimate of drug-likeness (QED) is 0.119. The zero-order valence-corrected chi connectivity index (χ0v) is 24.4. The number of carbonyl (C=O) groups is 2. The van der Waals surface area contributed by atoms with Crippen LogP contribution >= 0.6 is 0 Å². The van der Waals surface area contributed by atoms with Crippen LogP contribution in [0.15, 0.2) is 36.8 Å². The van der Waals surface area contributed by atoms with Gasteiger partial charge in [-0.25, -0.2) is 12.9 Å². The predicted molar refractivity (Wildman–Crippen MR) is 147 cm³/mol. The molecule has 1 aliphatic rings. The fourth-order valence-corrected chi connectivity index (χ4v) is 5.51. The topological polar surface area (TPSA) is 154 Å². The molecule has 0 saturated carbocycles. The van der Waals surface area contributed by atoms with Crippen molar-refractivity contribution in [3.05, 3.63) is 46.9 Å². The Bertz CT molecular complexity index is 1230. The highest BCUT2D eigenvalue weighted by atomic mass is 32.2. The lowest BCUT2D eigenvalue weighted by molar-refractivity contribution is -0.795. The first-order chi connectivity index (χ1) is 18.9. The van der Waals surface area contributed by atoms with Crippen molar-refractivity contribution in [3.63, 3.8) is 0 Å². The zero-order valence-electron chi connectivity index (χ0n) is 23.6. The Morgan fingerprint density at radius 2 is 1.93 bits per heavy atom. The van der Waals surface area contributed by atoms with Gasteiger partial charge in [0.2, 0.25) is 6.33 Å². The minimum absolute atomic E-state index is 0.0167. The largest absolute Gasteiger partial charge is 0.724 e. The average molecular weight is 581 g/mol. The van der Waals surface area contributed by atoms with Crippen LogP contribution in [0.5, 0.6) is 5.75 Å². The third-order valence-corrected chi connectivity index (χ3v) is 8.58. The van der Waals surface area contributed by atoms with E-state index in [-0.39, 0.29) is 16.3 Å². The first-order valence-corrected chi connectivity index (χ1v) is 14.3. The number of hydrogen-bond donors (Lipinski definition) is 0. The maximum Gasteiger partial charge on any atom is 0.523 e. The lowest BCUT2D eigenvalue weighted by atomic mass is 10.0. The summed E-state index contributed by atoms with van der Waals surface area (Å²) in [5.74, 6) is -0.337. The molecule has 13 nitrogen and oxygen atoms in total. The number of hydrogen-bond acceptors (Lipinski definition) is 9. The normalized spacial score (nSPS) is 22.4. The fraction of sp³-hybridized carbons (Fsp3) is 0.577. The molecule has 14 heteroatoms. The molecule has 5 atom stereocenters. The Morgan fingerprint density at radius 1 is 1.25 bits per heavy atom. The molecule has 0 spiro atoms. The summed E-state index contributed by atoms with van der Waals surface area (Å²) in [7, 11) is 4.31. The number of methoxy groups -OCH3 is 1. The lowest BCUT2D eigenvalue weighted by Gasteiger charge is -2.33. The monoisotopic (exact) mass is 580 g/mol. The molecule has 2 aromatic rings. The lowest BCUT2D eigenvalue weighted by Crippen LogP contribution is -2.61. The molecule has 1 saturated heterocycles. The van der Waals surface area contributed by atoms with Crippen LogP contribution in [0, 0.1) is 10.1 Å². The molecule has 0 bridgehead atoms. The van der Waals surface area contributed by atoms with E-state index in [0.717, 1.165) is 19.3 Å². The standard InChI is InChI=1S/C26H38N5O8S/c1-6-7-8-9-10-23(28-16-24(27-18-28)29(34)35)25(32)31(26(33)38-5)17-22(15-19(31)2)39-21-13-11-20(12-14-21)30(3,4)40(36)37/h11-14,16,18-19,22-23H,6-10,15,17H2,1-5H3/q+1/t19-,22+,23?,31-/m1/s1. The van der Waals surface area contributed by atoms with Crippen molar-refractivity contribution in [3.8, 4) is 5.75 Å². The Morgan fingerprint density at radius 3 is 2.48 bits per heavy atom. The van der Waals surface area contributed by atoms with Gasteiger partial charge in [-0.15, -0.1) is 0 Å². The summed E-state index contributed by atoms with van der Waals surface area (Å²) in [4.78, 5) is 42.1. The highest BCUT2D eigenvalue weighted by Crippen LogP contribution is 2.36. The van der Waals surface area contributed by atoms with Crippen LogP contribution in [0.1, 0.15) is 58.4 Å². The smallest absolute Gasteiger partial charge is 0.523 e. The minimum Gasteiger partial charge on any atom is -0.724 e. The van der Waals surface area contributed by atoms with Crippen LogP contribution in [0.25, 0.3) is 0 Å². The number of quaternary nitrogens is 2. The molecule has 0 aliphatic carbocycles. The SMILES string of the molecule is CCCCCCC(C(=O)[N@@+]1(C(=O)OC)C[C@@H](Oc2ccc([N+](C)(C)S(=O)[O-])cc2)C[C@H]1C)n1cnc([N+](=O)[O-])c1. The van der Waals surface area contributed by atoms with Crippen LogP contribution < -0.4 is 8.63 Å². The van der Waals surface area contributed by atoms with Crippen molar-refractivity contribution < 1.29 is 37.2 Å². The van der Waals surface area contributed by atoms with E-state index in [4.69, 9.17) is 9.47 Å². The molecule has 0 N–H and O–H groups in total. The maximum atomic E-state index is 14.3. The average Bonchev–Trinajstić information content (AvgIpc) is 3.53. The van der Waals surface area contributed by atoms with Gasteiger partial charge in [0.15, 0.2) is 23.4 Å². The summed E-state index contributed by atoms with van der Waals surface area (Å²) in [5.41, 5.74) is 0.538. The van der Waals surface area contributed by atoms with Gasteiger partial charge in [-0.3, -0.25) is 4.57 Å². The third kappa shape index (κ3) is 6.40. The number of ether oxygens (including phenoxy) is 2. The maximum absolute atomic E-state index is 14.3. The van der Waals surface area contributed by atoms with Gasteiger partial charge in [0.05, 0.1) is 21.2 Å². The summed E-state index contributed by atoms with van der Waals surface area (Å²) >= 11 is -2.38. The Hall–Kier alpha value is -3.20. The highest BCUT2D eigenvalue weighted by Gasteiger charge is 2.60.